The number of hydrogen-bond acceptors (Lipinski definition) is 3. The van der Waals surface area contributed by atoms with Crippen molar-refractivity contribution >= 4 is 33.4 Å². The van der Waals surface area contributed by atoms with Gasteiger partial charge >= 0.3 is 0 Å². The molecule has 1 aromatic rings. The third kappa shape index (κ3) is 2.92. The summed E-state index contributed by atoms with van der Waals surface area (Å²) in [6, 6.07) is 2.65. The van der Waals surface area contributed by atoms with Crippen molar-refractivity contribution in [3.63, 3.8) is 0 Å². The molecule has 16 heavy (non-hydrogen) atoms. The fourth-order valence-electron chi connectivity index (χ4n) is 2.20. The molecule has 1 N–H and O–H groups in total. The first-order valence-electron chi connectivity index (χ1n) is 5.79. The Morgan fingerprint density at radius 3 is 3.19 bits per heavy atom. The van der Waals surface area contributed by atoms with Gasteiger partial charge in [0.05, 0.1) is 10.2 Å². The van der Waals surface area contributed by atoms with Crippen molar-refractivity contribution in [3.05, 3.63) is 22.9 Å². The van der Waals surface area contributed by atoms with Crippen LogP contribution in [0.3, 0.4) is 0 Å². The Balaban J connectivity index is 2.01. The largest absolute Gasteiger partial charge is 0.380 e. The van der Waals surface area contributed by atoms with Crippen LogP contribution in [0.1, 0.15) is 26.2 Å². The molecule has 1 aromatic heterocycles. The number of rotatable bonds is 4. The quantitative estimate of drug-likeness (QED) is 0.912. The first kappa shape index (κ1) is 12.2. The lowest BCUT2D eigenvalue weighted by atomic mass is 10.2. The molecule has 2 nitrogen and oxygen atoms in total. The smallest absolute Gasteiger partial charge is 0.0590 e. The van der Waals surface area contributed by atoms with E-state index >= 15 is 0 Å². The zero-order chi connectivity index (χ0) is 11.4. The molecular formula is C12H17BrN2S. The van der Waals surface area contributed by atoms with E-state index in [0.717, 1.165) is 9.72 Å². The molecule has 0 saturated heterocycles. The van der Waals surface area contributed by atoms with Crippen molar-refractivity contribution in [3.8, 4) is 0 Å². The Labute approximate surface area is 110 Å². The van der Waals surface area contributed by atoms with Crippen LogP contribution in [0.4, 0.5) is 5.69 Å². The minimum Gasteiger partial charge on any atom is -0.380 e. The van der Waals surface area contributed by atoms with E-state index in [1.165, 1.54) is 30.7 Å². The molecule has 1 saturated carbocycles. The van der Waals surface area contributed by atoms with Gasteiger partial charge in [-0.25, -0.2) is 0 Å². The Hall–Kier alpha value is -0.220. The predicted molar refractivity (Wildman–Crippen MR) is 75.1 cm³/mol. The molecule has 0 bridgehead atoms. The fourth-order valence-corrected chi connectivity index (χ4v) is 3.76. The molecule has 1 heterocycles. The van der Waals surface area contributed by atoms with Gasteiger partial charge in [-0.15, -0.1) is 0 Å². The van der Waals surface area contributed by atoms with Gasteiger partial charge in [0, 0.05) is 23.7 Å². The van der Waals surface area contributed by atoms with E-state index in [1.54, 1.807) is 0 Å². The number of aromatic nitrogens is 1. The van der Waals surface area contributed by atoms with Gasteiger partial charge in [-0.2, -0.15) is 11.8 Å². The number of halogens is 1. The number of hydrogen-bond donors (Lipinski definition) is 1. The van der Waals surface area contributed by atoms with Crippen molar-refractivity contribution in [2.45, 2.75) is 37.5 Å². The summed E-state index contributed by atoms with van der Waals surface area (Å²) in [7, 11) is 0. The Kier molecular flexibility index (Phi) is 4.53. The summed E-state index contributed by atoms with van der Waals surface area (Å²) < 4.78 is 1.06. The lowest BCUT2D eigenvalue weighted by Gasteiger charge is -2.21. The third-order valence-electron chi connectivity index (χ3n) is 2.95. The highest BCUT2D eigenvalue weighted by Crippen LogP contribution is 2.33. The van der Waals surface area contributed by atoms with Gasteiger partial charge in [-0.3, -0.25) is 4.98 Å². The molecule has 1 fully saturated rings. The van der Waals surface area contributed by atoms with E-state index in [9.17, 15) is 0 Å². The van der Waals surface area contributed by atoms with E-state index < -0.39 is 0 Å². The number of anilines is 1. The van der Waals surface area contributed by atoms with E-state index in [2.05, 4.69) is 44.9 Å². The van der Waals surface area contributed by atoms with Crippen molar-refractivity contribution in [2.75, 3.05) is 11.1 Å². The van der Waals surface area contributed by atoms with Crippen molar-refractivity contribution < 1.29 is 0 Å². The van der Waals surface area contributed by atoms with Crippen LogP contribution in [0.25, 0.3) is 0 Å². The van der Waals surface area contributed by atoms with E-state index in [0.29, 0.717) is 6.04 Å². The highest BCUT2D eigenvalue weighted by Gasteiger charge is 2.27. The summed E-state index contributed by atoms with van der Waals surface area (Å²) in [5.41, 5.74) is 1.17. The molecule has 0 amide bonds. The van der Waals surface area contributed by atoms with Gasteiger partial charge in [-0.1, -0.05) is 13.3 Å². The monoisotopic (exact) mass is 300 g/mol. The lowest BCUT2D eigenvalue weighted by molar-refractivity contribution is 0.767. The molecule has 0 aliphatic heterocycles. The van der Waals surface area contributed by atoms with Crippen LogP contribution >= 0.6 is 27.7 Å². The molecule has 0 spiro atoms. The average molecular weight is 301 g/mol. The van der Waals surface area contributed by atoms with Crippen LogP contribution in [0, 0.1) is 0 Å². The summed E-state index contributed by atoms with van der Waals surface area (Å²) in [4.78, 5) is 4.08. The van der Waals surface area contributed by atoms with Crippen molar-refractivity contribution in [2.24, 2.45) is 0 Å². The van der Waals surface area contributed by atoms with Crippen LogP contribution in [0.2, 0.25) is 0 Å². The fraction of sp³-hybridized carbons (Fsp3) is 0.583. The number of nitrogens with one attached hydrogen (secondary N) is 1. The first-order valence-corrected chi connectivity index (χ1v) is 7.63. The molecule has 88 valence electrons. The molecule has 0 aromatic carbocycles. The van der Waals surface area contributed by atoms with Gasteiger partial charge in [0.1, 0.15) is 0 Å². The SMILES string of the molecule is CCS[C@@H]1CCC[C@H]1Nc1ccncc1Br. The second kappa shape index (κ2) is 5.92. The van der Waals surface area contributed by atoms with Gasteiger partial charge in [0.2, 0.25) is 0 Å². The van der Waals surface area contributed by atoms with Crippen molar-refractivity contribution in [1.29, 1.82) is 0 Å². The first-order chi connectivity index (χ1) is 7.81. The maximum absolute atomic E-state index is 4.08. The maximum Gasteiger partial charge on any atom is 0.0590 e. The van der Waals surface area contributed by atoms with Crippen LogP contribution in [-0.2, 0) is 0 Å². The highest BCUT2D eigenvalue weighted by atomic mass is 79.9. The normalized spacial score (nSPS) is 24.6. The van der Waals surface area contributed by atoms with E-state index in [4.69, 9.17) is 0 Å². The van der Waals surface area contributed by atoms with Crippen LogP contribution in [0.15, 0.2) is 22.9 Å². The maximum atomic E-state index is 4.08. The second-order valence-corrected chi connectivity index (χ2v) is 6.40. The van der Waals surface area contributed by atoms with Crippen LogP contribution in [0.5, 0.6) is 0 Å². The lowest BCUT2D eigenvalue weighted by Crippen LogP contribution is -2.26. The molecule has 2 rings (SSSR count). The van der Waals surface area contributed by atoms with Crippen LogP contribution < -0.4 is 5.32 Å². The van der Waals surface area contributed by atoms with Crippen LogP contribution in [-0.4, -0.2) is 22.0 Å². The molecule has 1 aliphatic carbocycles. The average Bonchev–Trinajstić information content (AvgIpc) is 2.70. The molecular weight excluding hydrogens is 284 g/mol. The predicted octanol–water partition coefficient (Wildman–Crippen LogP) is 3.93. The number of thioether (sulfide) groups is 1. The third-order valence-corrected chi connectivity index (χ3v) is 4.90. The summed E-state index contributed by atoms with van der Waals surface area (Å²) in [5.74, 6) is 1.21. The number of pyridine rings is 1. The minimum absolute atomic E-state index is 0.614. The number of nitrogens with zero attached hydrogens (tertiary/aromatic N) is 1. The molecule has 4 heteroatoms. The summed E-state index contributed by atoms with van der Waals surface area (Å²) in [6.07, 6.45) is 7.66. The minimum atomic E-state index is 0.614. The van der Waals surface area contributed by atoms with Gasteiger partial charge < -0.3 is 5.32 Å². The van der Waals surface area contributed by atoms with E-state index in [1.807, 2.05) is 18.5 Å². The molecule has 1 aliphatic rings. The Morgan fingerprint density at radius 1 is 1.56 bits per heavy atom. The topological polar surface area (TPSA) is 24.9 Å². The summed E-state index contributed by atoms with van der Waals surface area (Å²) in [5, 5.41) is 4.40. The van der Waals surface area contributed by atoms with Gasteiger partial charge in [0.25, 0.3) is 0 Å². The van der Waals surface area contributed by atoms with Gasteiger partial charge in [0.15, 0.2) is 0 Å². The second-order valence-electron chi connectivity index (χ2n) is 4.03. The summed E-state index contributed by atoms with van der Waals surface area (Å²) >= 11 is 5.61. The van der Waals surface area contributed by atoms with E-state index in [-0.39, 0.29) is 0 Å². The molecule has 0 unspecified atom stereocenters. The molecule has 2 atom stereocenters. The molecule has 0 radical (unpaired) electrons. The van der Waals surface area contributed by atoms with Crippen molar-refractivity contribution in [1.82, 2.24) is 4.98 Å². The van der Waals surface area contributed by atoms with Gasteiger partial charge in [-0.05, 0) is 40.6 Å². The Bertz CT molecular complexity index is 346. The Morgan fingerprint density at radius 2 is 2.44 bits per heavy atom. The zero-order valence-electron chi connectivity index (χ0n) is 9.45. The standard InChI is InChI=1S/C12H17BrN2S/c1-2-16-12-5-3-4-11(12)15-10-6-7-14-8-9(10)13/h6-8,11-12H,2-5H2,1H3,(H,14,15)/t11-,12-/m1/s1. The zero-order valence-corrected chi connectivity index (χ0v) is 11.9. The summed E-state index contributed by atoms with van der Waals surface area (Å²) in [6.45, 7) is 2.24. The highest BCUT2D eigenvalue weighted by molar-refractivity contribution is 9.10.